The second-order valence-electron chi connectivity index (χ2n) is 6.54. The predicted molar refractivity (Wildman–Crippen MR) is 93.1 cm³/mol. The Morgan fingerprint density at radius 1 is 0.864 bits per heavy atom. The summed E-state index contributed by atoms with van der Waals surface area (Å²) >= 11 is 0. The minimum atomic E-state index is -0.359. The van der Waals surface area contributed by atoms with Crippen LogP contribution in [-0.4, -0.2) is 10.5 Å². The van der Waals surface area contributed by atoms with Gasteiger partial charge in [0.2, 0.25) is 0 Å². The molecule has 0 aliphatic rings. The van der Waals surface area contributed by atoms with E-state index in [1.165, 1.54) is 11.1 Å². The molecule has 0 radical (unpaired) electrons. The van der Waals surface area contributed by atoms with Crippen molar-refractivity contribution in [1.82, 2.24) is 0 Å². The monoisotopic (exact) mass is 304 g/mol. The van der Waals surface area contributed by atoms with Crippen LogP contribution in [0.2, 0.25) is 0 Å². The van der Waals surface area contributed by atoms with Gasteiger partial charge in [-0.15, -0.1) is 6.42 Å². The minimum absolute atomic E-state index is 0. The number of hydrogen-bond donors (Lipinski definition) is 0. The topological polar surface area (TPSA) is 9.23 Å². The molecule has 0 amide bonds. The van der Waals surface area contributed by atoms with Gasteiger partial charge in [-0.3, -0.25) is 0 Å². The molecular formula is C19H25LiOSi. The summed E-state index contributed by atoms with van der Waals surface area (Å²) in [5.41, 5.74) is 2.27. The van der Waals surface area contributed by atoms with Gasteiger partial charge in [-0.1, -0.05) is 81.4 Å². The fourth-order valence-electron chi connectivity index (χ4n) is 2.59. The average molecular weight is 304 g/mol. The summed E-state index contributed by atoms with van der Waals surface area (Å²) in [6, 6.07) is 21.1. The van der Waals surface area contributed by atoms with Crippen LogP contribution in [0.25, 0.3) is 0 Å². The van der Waals surface area contributed by atoms with E-state index in [9.17, 15) is 0 Å². The number of benzene rings is 2. The van der Waals surface area contributed by atoms with Gasteiger partial charge in [-0.25, -0.2) is 0 Å². The van der Waals surface area contributed by atoms with Crippen molar-refractivity contribution in [2.75, 3.05) is 0 Å². The van der Waals surface area contributed by atoms with E-state index >= 15 is 0 Å². The van der Waals surface area contributed by atoms with Crippen molar-refractivity contribution < 1.29 is 23.3 Å². The summed E-state index contributed by atoms with van der Waals surface area (Å²) < 4.78 is 6.21. The molecule has 0 spiro atoms. The third-order valence-electron chi connectivity index (χ3n) is 3.83. The normalized spacial score (nSPS) is 12.0. The van der Waals surface area contributed by atoms with Gasteiger partial charge in [0, 0.05) is 0 Å². The first-order chi connectivity index (χ1) is 9.98. The fourth-order valence-corrected chi connectivity index (χ4v) is 3.22. The molecule has 22 heavy (non-hydrogen) atoms. The Morgan fingerprint density at radius 3 is 1.59 bits per heavy atom. The molecule has 0 saturated heterocycles. The molecule has 0 heterocycles. The molecule has 2 rings (SSSR count). The molecule has 0 bridgehead atoms. The van der Waals surface area contributed by atoms with E-state index < -0.39 is 0 Å². The summed E-state index contributed by atoms with van der Waals surface area (Å²) in [6.45, 7) is 6.71. The van der Waals surface area contributed by atoms with Crippen LogP contribution in [0.15, 0.2) is 60.7 Å². The first kappa shape index (κ1) is 19.3. The van der Waals surface area contributed by atoms with Crippen molar-refractivity contribution in [3.63, 3.8) is 0 Å². The molecule has 0 aliphatic heterocycles. The van der Waals surface area contributed by atoms with Gasteiger partial charge < -0.3 is 10.8 Å². The second kappa shape index (κ2) is 8.17. The molecule has 1 nitrogen and oxygen atoms in total. The van der Waals surface area contributed by atoms with E-state index in [1.54, 1.807) is 0 Å². The van der Waals surface area contributed by atoms with Gasteiger partial charge in [0.1, 0.15) is 10.5 Å². The van der Waals surface area contributed by atoms with Crippen molar-refractivity contribution in [3.05, 3.63) is 78.2 Å². The van der Waals surface area contributed by atoms with Gasteiger partial charge in [-0.2, -0.15) is 5.41 Å². The Balaban J connectivity index is 0.00000242. The van der Waals surface area contributed by atoms with Crippen LogP contribution in [0, 0.1) is 11.8 Å². The van der Waals surface area contributed by atoms with Crippen molar-refractivity contribution >= 4 is 10.5 Å². The van der Waals surface area contributed by atoms with Crippen LogP contribution in [0.3, 0.4) is 0 Å². The van der Waals surface area contributed by atoms with Crippen LogP contribution in [0.4, 0.5) is 0 Å². The maximum Gasteiger partial charge on any atom is 1.00 e. The Morgan fingerprint density at radius 2 is 1.27 bits per heavy atom. The van der Waals surface area contributed by atoms with Crippen LogP contribution in [0.1, 0.15) is 38.3 Å². The maximum atomic E-state index is 6.21. The van der Waals surface area contributed by atoms with Gasteiger partial charge in [0.05, 0.1) is 5.60 Å². The van der Waals surface area contributed by atoms with Gasteiger partial charge in [-0.05, 0) is 11.1 Å². The van der Waals surface area contributed by atoms with Crippen molar-refractivity contribution in [2.45, 2.75) is 32.8 Å². The summed E-state index contributed by atoms with van der Waals surface area (Å²) in [6.07, 6.45) is 3.25. The second-order valence-corrected chi connectivity index (χ2v) is 6.95. The van der Waals surface area contributed by atoms with Crippen LogP contribution in [-0.2, 0) is 10.0 Å². The van der Waals surface area contributed by atoms with Crippen LogP contribution < -0.4 is 18.9 Å². The molecule has 0 aromatic heterocycles. The summed E-state index contributed by atoms with van der Waals surface area (Å²) in [5, 5.41) is 0. The van der Waals surface area contributed by atoms with Crippen molar-refractivity contribution in [1.29, 1.82) is 0 Å². The van der Waals surface area contributed by atoms with Crippen LogP contribution in [0.5, 0.6) is 0 Å². The molecular weight excluding hydrogens is 279 g/mol. The first-order valence-electron chi connectivity index (χ1n) is 7.48. The summed E-state index contributed by atoms with van der Waals surface area (Å²) in [4.78, 5) is 0. The van der Waals surface area contributed by atoms with Crippen molar-refractivity contribution in [3.8, 4) is 0 Å². The molecule has 0 unspecified atom stereocenters. The van der Waals surface area contributed by atoms with Gasteiger partial charge >= 0.3 is 18.9 Å². The Labute approximate surface area is 150 Å². The molecule has 2 aromatic rings. The zero-order chi connectivity index (χ0) is 15.3. The molecule has 0 aliphatic carbocycles. The number of hydrogen-bond acceptors (Lipinski definition) is 1. The third-order valence-corrected chi connectivity index (χ3v) is 4.53. The smallest absolute Gasteiger partial charge is 0.417 e. The molecule has 2 aromatic carbocycles. The van der Waals surface area contributed by atoms with E-state index in [4.69, 9.17) is 4.43 Å². The van der Waals surface area contributed by atoms with E-state index in [0.717, 1.165) is 6.42 Å². The Bertz CT molecular complexity index is 509. The first-order valence-corrected chi connectivity index (χ1v) is 8.30. The SMILES string of the molecule is CC(C)(C)[CH-]CC(O[SiH3])(c1ccccc1)c1ccccc1.[Li+]. The average Bonchev–Trinajstić information content (AvgIpc) is 2.49. The Kier molecular flexibility index (Phi) is 7.16. The van der Waals surface area contributed by atoms with E-state index in [-0.39, 0.29) is 29.9 Å². The molecule has 3 heteroatoms. The summed E-state index contributed by atoms with van der Waals surface area (Å²) in [7, 11) is 0.697. The summed E-state index contributed by atoms with van der Waals surface area (Å²) in [5.74, 6) is 0. The molecule has 112 valence electrons. The molecule has 0 saturated carbocycles. The standard InChI is InChI=1S/C19H25OSi.Li/c1-18(2,3)14-15-19(20-21,16-10-6-4-7-11-16)17-12-8-5-9-13-17;/h4-14H,15H2,1-3,21H3;/q-1;+1. The zero-order valence-electron chi connectivity index (χ0n) is 14.5. The minimum Gasteiger partial charge on any atom is -0.417 e. The van der Waals surface area contributed by atoms with Crippen molar-refractivity contribution in [2.24, 2.45) is 5.41 Å². The number of rotatable bonds is 5. The molecule has 0 atom stereocenters. The zero-order valence-corrected chi connectivity index (χ0v) is 16.5. The van der Waals surface area contributed by atoms with Crippen LogP contribution >= 0.6 is 0 Å². The predicted octanol–water partition coefficient (Wildman–Crippen LogP) is 0.872. The van der Waals surface area contributed by atoms with E-state index in [2.05, 4.69) is 87.9 Å². The van der Waals surface area contributed by atoms with Gasteiger partial charge in [0.25, 0.3) is 0 Å². The quantitative estimate of drug-likeness (QED) is 0.588. The fraction of sp³-hybridized carbons (Fsp3) is 0.316. The largest absolute Gasteiger partial charge is 1.00 e. The van der Waals surface area contributed by atoms with E-state index in [1.807, 2.05) is 0 Å². The Hall–Kier alpha value is -0.786. The maximum absolute atomic E-state index is 6.21. The van der Waals surface area contributed by atoms with Gasteiger partial charge in [0.15, 0.2) is 0 Å². The third kappa shape index (κ3) is 4.60. The molecule has 0 fully saturated rings. The van der Waals surface area contributed by atoms with E-state index in [0.29, 0.717) is 10.5 Å². The molecule has 0 N–H and O–H groups in total.